The van der Waals surface area contributed by atoms with Gasteiger partial charge in [0.2, 0.25) is 0 Å². The van der Waals surface area contributed by atoms with Crippen molar-refractivity contribution in [2.45, 2.75) is 37.8 Å². The molecule has 1 aliphatic rings. The Bertz CT molecular complexity index is 872. The van der Waals surface area contributed by atoms with Gasteiger partial charge in [-0.3, -0.25) is 10.7 Å². The molecule has 0 radical (unpaired) electrons. The van der Waals surface area contributed by atoms with E-state index in [-0.39, 0.29) is 0 Å². The normalized spacial score (nSPS) is 20.1. The van der Waals surface area contributed by atoms with Gasteiger partial charge >= 0.3 is 0 Å². The third kappa shape index (κ3) is 2.70. The third-order valence-electron chi connectivity index (χ3n) is 4.99. The number of nitrogens with zero attached hydrogens (tertiary/aromatic N) is 1. The number of fused-ring (bicyclic) bond motifs is 2. The molecule has 0 saturated heterocycles. The highest BCUT2D eigenvalue weighted by Crippen LogP contribution is 2.37. The molecular formula is C21H22N2O. The van der Waals surface area contributed by atoms with Gasteiger partial charge in [-0.2, -0.15) is 0 Å². The molecule has 1 heterocycles. The monoisotopic (exact) mass is 318 g/mol. The number of para-hydroxylation sites is 1. The highest BCUT2D eigenvalue weighted by Gasteiger charge is 2.34. The summed E-state index contributed by atoms with van der Waals surface area (Å²) in [6.45, 7) is 0. The van der Waals surface area contributed by atoms with E-state index in [1.165, 1.54) is 5.56 Å². The van der Waals surface area contributed by atoms with E-state index >= 15 is 0 Å². The molecule has 3 nitrogen and oxygen atoms in total. The lowest BCUT2D eigenvalue weighted by atomic mass is 9.82. The number of benzene rings is 2. The summed E-state index contributed by atoms with van der Waals surface area (Å²) in [7, 11) is 0. The Hall–Kier alpha value is -2.23. The topological polar surface area (TPSA) is 59.1 Å². The van der Waals surface area contributed by atoms with Crippen LogP contribution in [-0.2, 0) is 25.0 Å². The molecule has 0 saturated carbocycles. The standard InChI is InChI=1S/C21H22N2O/c22-21(24)14-6-11-19-20(21)17(13-12-15-7-2-1-3-8-15)16-9-4-5-10-18(16)23-19/h1-5,7-10,24H,6,11-14,22H2. The van der Waals surface area contributed by atoms with Crippen LogP contribution in [0.2, 0.25) is 0 Å². The molecule has 1 unspecified atom stereocenters. The second-order valence-electron chi connectivity index (χ2n) is 6.69. The largest absolute Gasteiger partial charge is 0.372 e. The molecular weight excluding hydrogens is 296 g/mol. The lowest BCUT2D eigenvalue weighted by molar-refractivity contribution is 0.0240. The van der Waals surface area contributed by atoms with Crippen molar-refractivity contribution in [2.24, 2.45) is 5.73 Å². The Kier molecular flexibility index (Phi) is 3.83. The van der Waals surface area contributed by atoms with E-state index in [2.05, 4.69) is 30.3 Å². The molecule has 0 spiro atoms. The first-order valence-electron chi connectivity index (χ1n) is 8.61. The van der Waals surface area contributed by atoms with E-state index in [1.54, 1.807) is 0 Å². The van der Waals surface area contributed by atoms with E-state index < -0.39 is 5.72 Å². The molecule has 24 heavy (non-hydrogen) atoms. The Morgan fingerprint density at radius 3 is 2.58 bits per heavy atom. The van der Waals surface area contributed by atoms with Gasteiger partial charge in [0.25, 0.3) is 0 Å². The van der Waals surface area contributed by atoms with E-state index in [0.29, 0.717) is 6.42 Å². The van der Waals surface area contributed by atoms with Crippen molar-refractivity contribution in [3.8, 4) is 0 Å². The maximum Gasteiger partial charge on any atom is 0.141 e. The average Bonchev–Trinajstić information content (AvgIpc) is 2.59. The smallest absolute Gasteiger partial charge is 0.141 e. The van der Waals surface area contributed by atoms with Gasteiger partial charge < -0.3 is 5.11 Å². The van der Waals surface area contributed by atoms with Crippen molar-refractivity contribution in [2.75, 3.05) is 0 Å². The minimum Gasteiger partial charge on any atom is -0.372 e. The van der Waals surface area contributed by atoms with E-state index in [4.69, 9.17) is 10.7 Å². The van der Waals surface area contributed by atoms with Gasteiger partial charge in [-0.25, -0.2) is 0 Å². The van der Waals surface area contributed by atoms with Crippen LogP contribution in [0.1, 0.15) is 35.2 Å². The first-order valence-corrected chi connectivity index (χ1v) is 8.61. The molecule has 3 aromatic rings. The molecule has 0 fully saturated rings. The van der Waals surface area contributed by atoms with Crippen LogP contribution in [0.5, 0.6) is 0 Å². The van der Waals surface area contributed by atoms with Crippen LogP contribution in [-0.4, -0.2) is 10.1 Å². The summed E-state index contributed by atoms with van der Waals surface area (Å²) in [5.41, 5.74) is 10.3. The zero-order valence-electron chi connectivity index (χ0n) is 13.7. The zero-order chi connectivity index (χ0) is 16.6. The fourth-order valence-electron chi connectivity index (χ4n) is 3.85. The lowest BCUT2D eigenvalue weighted by Crippen LogP contribution is -2.41. The van der Waals surface area contributed by atoms with Crippen LogP contribution < -0.4 is 5.73 Å². The fraction of sp³-hybridized carbons (Fsp3) is 0.286. The Labute approximate surface area is 142 Å². The van der Waals surface area contributed by atoms with Crippen LogP contribution in [0, 0.1) is 0 Å². The number of aromatic nitrogens is 1. The van der Waals surface area contributed by atoms with Crippen LogP contribution in [0.4, 0.5) is 0 Å². The van der Waals surface area contributed by atoms with E-state index in [9.17, 15) is 5.11 Å². The summed E-state index contributed by atoms with van der Waals surface area (Å²) in [4.78, 5) is 4.79. The average molecular weight is 318 g/mol. The summed E-state index contributed by atoms with van der Waals surface area (Å²) >= 11 is 0. The van der Waals surface area contributed by atoms with Crippen molar-refractivity contribution in [3.05, 3.63) is 77.0 Å². The van der Waals surface area contributed by atoms with Crippen molar-refractivity contribution < 1.29 is 5.11 Å². The number of hydrogen-bond acceptors (Lipinski definition) is 3. The summed E-state index contributed by atoms with van der Waals surface area (Å²) in [5.74, 6) is 0. The molecule has 0 bridgehead atoms. The summed E-state index contributed by atoms with van der Waals surface area (Å²) in [5, 5.41) is 11.9. The van der Waals surface area contributed by atoms with Gasteiger partial charge in [-0.1, -0.05) is 48.5 Å². The minimum absolute atomic E-state index is 0.596. The molecule has 122 valence electrons. The maximum absolute atomic E-state index is 10.8. The molecule has 3 N–H and O–H groups in total. The molecule has 0 aliphatic heterocycles. The highest BCUT2D eigenvalue weighted by atomic mass is 16.3. The van der Waals surface area contributed by atoms with Crippen molar-refractivity contribution >= 4 is 10.9 Å². The molecule has 1 aromatic heterocycles. The highest BCUT2D eigenvalue weighted by molar-refractivity contribution is 5.84. The van der Waals surface area contributed by atoms with Crippen LogP contribution in [0.15, 0.2) is 54.6 Å². The number of nitrogens with two attached hydrogens (primary N) is 1. The molecule has 1 atom stereocenters. The number of hydrogen-bond donors (Lipinski definition) is 2. The second kappa shape index (κ2) is 6.00. The van der Waals surface area contributed by atoms with Crippen molar-refractivity contribution in [1.29, 1.82) is 0 Å². The van der Waals surface area contributed by atoms with Crippen LogP contribution in [0.3, 0.4) is 0 Å². The van der Waals surface area contributed by atoms with Gasteiger partial charge in [0, 0.05) is 16.6 Å². The fourth-order valence-corrected chi connectivity index (χ4v) is 3.85. The summed E-state index contributed by atoms with van der Waals surface area (Å²) in [6.07, 6.45) is 4.14. The minimum atomic E-state index is -1.27. The molecule has 3 heteroatoms. The molecule has 1 aliphatic carbocycles. The Morgan fingerprint density at radius 1 is 1.00 bits per heavy atom. The van der Waals surface area contributed by atoms with Crippen molar-refractivity contribution in [3.63, 3.8) is 0 Å². The van der Waals surface area contributed by atoms with Crippen molar-refractivity contribution in [1.82, 2.24) is 4.98 Å². The van der Waals surface area contributed by atoms with E-state index in [0.717, 1.165) is 53.4 Å². The number of pyridine rings is 1. The molecule has 4 rings (SSSR count). The van der Waals surface area contributed by atoms with Gasteiger partial charge in [0.1, 0.15) is 5.72 Å². The number of aliphatic hydroxyl groups is 1. The molecule has 0 amide bonds. The van der Waals surface area contributed by atoms with E-state index in [1.807, 2.05) is 24.3 Å². The zero-order valence-corrected chi connectivity index (χ0v) is 13.7. The number of rotatable bonds is 3. The van der Waals surface area contributed by atoms with Gasteiger partial charge in [-0.05, 0) is 49.3 Å². The molecule has 2 aromatic carbocycles. The Balaban J connectivity index is 1.85. The quantitative estimate of drug-likeness (QED) is 0.727. The third-order valence-corrected chi connectivity index (χ3v) is 4.99. The summed E-state index contributed by atoms with van der Waals surface area (Å²) < 4.78 is 0. The van der Waals surface area contributed by atoms with Gasteiger partial charge in [0.15, 0.2) is 0 Å². The lowest BCUT2D eigenvalue weighted by Gasteiger charge is -2.33. The first-order chi connectivity index (χ1) is 11.6. The second-order valence-corrected chi connectivity index (χ2v) is 6.69. The SMILES string of the molecule is NC1(O)CCCc2nc3ccccc3c(CCc3ccccc3)c21. The predicted molar refractivity (Wildman–Crippen MR) is 96.6 cm³/mol. The predicted octanol–water partition coefficient (Wildman–Crippen LogP) is 3.46. The van der Waals surface area contributed by atoms with Gasteiger partial charge in [0.05, 0.1) is 5.52 Å². The maximum atomic E-state index is 10.8. The van der Waals surface area contributed by atoms with Gasteiger partial charge in [-0.15, -0.1) is 0 Å². The van der Waals surface area contributed by atoms with Crippen LogP contribution >= 0.6 is 0 Å². The van der Waals surface area contributed by atoms with Crippen LogP contribution in [0.25, 0.3) is 10.9 Å². The first kappa shape index (κ1) is 15.3. The Morgan fingerprint density at radius 2 is 1.75 bits per heavy atom. The summed E-state index contributed by atoms with van der Waals surface area (Å²) in [6, 6.07) is 18.6. The number of aryl methyl sites for hydroxylation is 3.